The lowest BCUT2D eigenvalue weighted by atomic mass is 10.2. The molecule has 1 N–H and O–H groups in total. The molecule has 1 heterocycles. The molecular formula is C16H15ClFNO3S. The molecule has 0 saturated carbocycles. The molecule has 1 aromatic heterocycles. The van der Waals surface area contributed by atoms with Crippen LogP contribution in [0.25, 0.3) is 0 Å². The summed E-state index contributed by atoms with van der Waals surface area (Å²) in [6.07, 6.45) is -1.06. The molecule has 0 aliphatic carbocycles. The van der Waals surface area contributed by atoms with Crippen molar-refractivity contribution in [2.75, 3.05) is 5.32 Å². The topological polar surface area (TPSA) is 55.4 Å². The molecule has 0 saturated heterocycles. The second-order valence-electron chi connectivity index (χ2n) is 4.99. The molecule has 0 aliphatic heterocycles. The van der Waals surface area contributed by atoms with Crippen molar-refractivity contribution in [2.24, 2.45) is 0 Å². The molecular weight excluding hydrogens is 341 g/mol. The minimum atomic E-state index is -1.06. The molecule has 2 aromatic rings. The van der Waals surface area contributed by atoms with Crippen molar-refractivity contribution in [3.8, 4) is 0 Å². The van der Waals surface area contributed by atoms with Gasteiger partial charge in [-0.05, 0) is 45.0 Å². The summed E-state index contributed by atoms with van der Waals surface area (Å²) in [4.78, 5) is 25.9. The first-order valence-corrected chi connectivity index (χ1v) is 8.01. The number of esters is 1. The summed E-state index contributed by atoms with van der Waals surface area (Å²) in [6.45, 7) is 5.12. The zero-order valence-corrected chi connectivity index (χ0v) is 14.3. The van der Waals surface area contributed by atoms with Gasteiger partial charge in [0.05, 0.1) is 11.3 Å². The Morgan fingerprint density at radius 1 is 1.30 bits per heavy atom. The summed E-state index contributed by atoms with van der Waals surface area (Å²) in [5, 5.41) is 2.59. The minimum Gasteiger partial charge on any atom is -0.449 e. The van der Waals surface area contributed by atoms with Gasteiger partial charge in [-0.15, -0.1) is 11.3 Å². The number of anilines is 1. The van der Waals surface area contributed by atoms with E-state index in [1.807, 2.05) is 13.8 Å². The van der Waals surface area contributed by atoms with Crippen molar-refractivity contribution in [2.45, 2.75) is 26.9 Å². The van der Waals surface area contributed by atoms with Crippen LogP contribution in [0.5, 0.6) is 0 Å². The van der Waals surface area contributed by atoms with Crippen LogP contribution in [0.2, 0.25) is 5.02 Å². The van der Waals surface area contributed by atoms with Crippen molar-refractivity contribution in [3.63, 3.8) is 0 Å². The van der Waals surface area contributed by atoms with E-state index in [2.05, 4.69) is 5.32 Å². The van der Waals surface area contributed by atoms with E-state index in [9.17, 15) is 14.0 Å². The third-order valence-electron chi connectivity index (χ3n) is 3.10. The van der Waals surface area contributed by atoms with Gasteiger partial charge in [-0.25, -0.2) is 9.18 Å². The average molecular weight is 356 g/mol. The molecule has 1 aromatic carbocycles. The van der Waals surface area contributed by atoms with Crippen LogP contribution in [0.1, 0.15) is 27.0 Å². The first kappa shape index (κ1) is 17.4. The molecule has 23 heavy (non-hydrogen) atoms. The summed E-state index contributed by atoms with van der Waals surface area (Å²) in [6, 6.07) is 5.60. The third-order valence-corrected chi connectivity index (χ3v) is 4.30. The van der Waals surface area contributed by atoms with Crippen molar-refractivity contribution in [1.82, 2.24) is 0 Å². The number of rotatable bonds is 4. The highest BCUT2D eigenvalue weighted by Gasteiger charge is 2.22. The summed E-state index contributed by atoms with van der Waals surface area (Å²) >= 11 is 7.12. The first-order chi connectivity index (χ1) is 10.8. The lowest BCUT2D eigenvalue weighted by Crippen LogP contribution is -2.30. The number of thiophene rings is 1. The molecule has 0 fully saturated rings. The van der Waals surface area contributed by atoms with Crippen molar-refractivity contribution >= 4 is 40.5 Å². The van der Waals surface area contributed by atoms with Gasteiger partial charge in [0, 0.05) is 14.8 Å². The Morgan fingerprint density at radius 2 is 2.00 bits per heavy atom. The highest BCUT2D eigenvalue weighted by atomic mass is 35.5. The van der Waals surface area contributed by atoms with E-state index in [1.165, 1.54) is 30.4 Å². The molecule has 0 radical (unpaired) electrons. The number of halogens is 2. The van der Waals surface area contributed by atoms with E-state index in [4.69, 9.17) is 16.3 Å². The minimum absolute atomic E-state index is 0.0233. The number of carbonyl (C=O) groups is 2. The molecule has 1 amide bonds. The second-order valence-corrected chi connectivity index (χ2v) is 6.88. The number of hydrogen-bond donors (Lipinski definition) is 1. The number of nitrogens with one attached hydrogen (secondary N) is 1. The number of amides is 1. The zero-order chi connectivity index (χ0) is 17.1. The number of ether oxygens (including phenoxy) is 1. The van der Waals surface area contributed by atoms with E-state index in [0.29, 0.717) is 5.56 Å². The molecule has 1 atom stereocenters. The van der Waals surface area contributed by atoms with Gasteiger partial charge in [-0.3, -0.25) is 4.79 Å². The van der Waals surface area contributed by atoms with E-state index >= 15 is 0 Å². The van der Waals surface area contributed by atoms with Gasteiger partial charge in [0.2, 0.25) is 0 Å². The van der Waals surface area contributed by atoms with Crippen LogP contribution in [0.15, 0.2) is 24.3 Å². The Hall–Kier alpha value is -1.92. The van der Waals surface area contributed by atoms with Crippen LogP contribution >= 0.6 is 22.9 Å². The van der Waals surface area contributed by atoms with Crippen LogP contribution in [-0.2, 0) is 9.53 Å². The Labute approximate surface area is 142 Å². The maximum absolute atomic E-state index is 13.7. The Kier molecular flexibility index (Phi) is 5.38. The number of aryl methyl sites for hydroxylation is 2. The molecule has 0 aliphatic rings. The van der Waals surface area contributed by atoms with Gasteiger partial charge in [-0.2, -0.15) is 0 Å². The second kappa shape index (κ2) is 7.10. The lowest BCUT2D eigenvalue weighted by Gasteiger charge is -2.14. The van der Waals surface area contributed by atoms with E-state index in [-0.39, 0.29) is 10.7 Å². The number of benzene rings is 1. The predicted octanol–water partition coefficient (Wildman–Crippen LogP) is 4.34. The standard InChI is InChI=1S/C16H15ClFNO3S/c1-8-6-12(10(3)23-8)16(21)22-9(2)15(20)19-14-5-4-11(17)7-13(14)18/h4-7,9H,1-3H3,(H,19,20)/t9-/m1/s1. The quantitative estimate of drug-likeness (QED) is 0.830. The fourth-order valence-electron chi connectivity index (χ4n) is 1.94. The number of carbonyl (C=O) groups excluding carboxylic acids is 2. The Bertz CT molecular complexity index is 760. The van der Waals surface area contributed by atoms with Gasteiger partial charge < -0.3 is 10.1 Å². The molecule has 0 spiro atoms. The average Bonchev–Trinajstić information content (AvgIpc) is 2.80. The van der Waals surface area contributed by atoms with Gasteiger partial charge >= 0.3 is 5.97 Å². The van der Waals surface area contributed by atoms with Crippen molar-refractivity contribution < 1.29 is 18.7 Å². The largest absolute Gasteiger partial charge is 0.449 e. The Balaban J connectivity index is 2.02. The summed E-state index contributed by atoms with van der Waals surface area (Å²) in [7, 11) is 0. The predicted molar refractivity (Wildman–Crippen MR) is 88.7 cm³/mol. The van der Waals surface area contributed by atoms with Gasteiger partial charge in [0.15, 0.2) is 6.10 Å². The van der Waals surface area contributed by atoms with E-state index in [1.54, 1.807) is 6.07 Å². The zero-order valence-electron chi connectivity index (χ0n) is 12.8. The molecule has 4 nitrogen and oxygen atoms in total. The molecule has 0 unspecified atom stereocenters. The van der Waals surface area contributed by atoms with E-state index < -0.39 is 23.8 Å². The lowest BCUT2D eigenvalue weighted by molar-refractivity contribution is -0.123. The highest BCUT2D eigenvalue weighted by molar-refractivity contribution is 7.12. The van der Waals surface area contributed by atoms with Gasteiger partial charge in [0.25, 0.3) is 5.91 Å². The normalized spacial score (nSPS) is 11.9. The van der Waals surface area contributed by atoms with Crippen molar-refractivity contribution in [3.05, 3.63) is 50.4 Å². The fourth-order valence-corrected chi connectivity index (χ4v) is 3.01. The maximum atomic E-state index is 13.7. The summed E-state index contributed by atoms with van der Waals surface area (Å²) < 4.78 is 18.8. The van der Waals surface area contributed by atoms with Crippen LogP contribution < -0.4 is 5.32 Å². The monoisotopic (exact) mass is 355 g/mol. The summed E-state index contributed by atoms with van der Waals surface area (Å²) in [5.74, 6) is -1.86. The third kappa shape index (κ3) is 4.30. The molecule has 7 heteroatoms. The number of hydrogen-bond acceptors (Lipinski definition) is 4. The van der Waals surface area contributed by atoms with Crippen LogP contribution in [0.3, 0.4) is 0 Å². The summed E-state index contributed by atoms with van der Waals surface area (Å²) in [5.41, 5.74) is 0.412. The van der Waals surface area contributed by atoms with E-state index in [0.717, 1.165) is 15.8 Å². The molecule has 2 rings (SSSR count). The van der Waals surface area contributed by atoms with Gasteiger partial charge in [0.1, 0.15) is 5.82 Å². The van der Waals surface area contributed by atoms with Crippen molar-refractivity contribution in [1.29, 1.82) is 0 Å². The van der Waals surface area contributed by atoms with Crippen LogP contribution in [0, 0.1) is 19.7 Å². The Morgan fingerprint density at radius 3 is 2.57 bits per heavy atom. The smallest absolute Gasteiger partial charge is 0.340 e. The van der Waals surface area contributed by atoms with Gasteiger partial charge in [-0.1, -0.05) is 11.6 Å². The highest BCUT2D eigenvalue weighted by Crippen LogP contribution is 2.22. The molecule has 0 bridgehead atoms. The first-order valence-electron chi connectivity index (χ1n) is 6.82. The van der Waals surface area contributed by atoms with Crippen LogP contribution in [0.4, 0.5) is 10.1 Å². The maximum Gasteiger partial charge on any atom is 0.340 e. The fraction of sp³-hybridized carbons (Fsp3) is 0.250. The SMILES string of the molecule is Cc1cc(C(=O)O[C@H](C)C(=O)Nc2ccc(Cl)cc2F)c(C)s1. The molecule has 122 valence electrons. The van der Waals surface area contributed by atoms with Crippen LogP contribution in [-0.4, -0.2) is 18.0 Å².